The first-order valence-electron chi connectivity index (χ1n) is 9.73. The topological polar surface area (TPSA) is 48.9 Å². The lowest BCUT2D eigenvalue weighted by molar-refractivity contribution is 0.138. The van der Waals surface area contributed by atoms with E-state index in [0.29, 0.717) is 5.41 Å². The lowest BCUT2D eigenvalue weighted by Gasteiger charge is -2.30. The van der Waals surface area contributed by atoms with Crippen LogP contribution in [0.5, 0.6) is 0 Å². The van der Waals surface area contributed by atoms with Crippen molar-refractivity contribution < 1.29 is 4.74 Å². The normalized spacial score (nSPS) is 16.3. The van der Waals surface area contributed by atoms with E-state index < -0.39 is 0 Å². The van der Waals surface area contributed by atoms with Crippen LogP contribution in [0.3, 0.4) is 0 Å². The molecule has 1 aliphatic carbocycles. The number of nitrogens with zero attached hydrogens (tertiary/aromatic N) is 2. The van der Waals surface area contributed by atoms with Gasteiger partial charge >= 0.3 is 0 Å². The van der Waals surface area contributed by atoms with Gasteiger partial charge < -0.3 is 20.3 Å². The van der Waals surface area contributed by atoms with Gasteiger partial charge in [-0.25, -0.2) is 0 Å². The minimum absolute atomic E-state index is 0. The highest BCUT2D eigenvalue weighted by Gasteiger charge is 2.33. The molecule has 1 aromatic rings. The molecule has 0 atom stereocenters. The number of benzene rings is 1. The smallest absolute Gasteiger partial charge is 0.191 e. The van der Waals surface area contributed by atoms with Crippen LogP contribution in [-0.4, -0.2) is 52.3 Å². The first-order chi connectivity index (χ1) is 12.6. The van der Waals surface area contributed by atoms with Crippen LogP contribution in [0.15, 0.2) is 29.3 Å². The number of nitrogens with one attached hydrogen (secondary N) is 2. The number of rotatable bonds is 9. The van der Waals surface area contributed by atoms with E-state index in [9.17, 15) is 0 Å². The summed E-state index contributed by atoms with van der Waals surface area (Å²) in [6.45, 7) is 3.55. The van der Waals surface area contributed by atoms with E-state index in [1.54, 1.807) is 7.11 Å². The summed E-state index contributed by atoms with van der Waals surface area (Å²) in [7, 11) is 7.83. The average molecular weight is 488 g/mol. The molecule has 1 aromatic carbocycles. The summed E-state index contributed by atoms with van der Waals surface area (Å²) in [6.07, 6.45) is 6.35. The Morgan fingerprint density at radius 3 is 2.52 bits per heavy atom. The maximum Gasteiger partial charge on any atom is 0.191 e. The van der Waals surface area contributed by atoms with Crippen LogP contribution in [-0.2, 0) is 17.8 Å². The lowest BCUT2D eigenvalue weighted by atomic mass is 9.83. The Bertz CT molecular complexity index is 571. The molecule has 0 aromatic heterocycles. The second-order valence-electron chi connectivity index (χ2n) is 7.79. The number of halogens is 1. The van der Waals surface area contributed by atoms with Gasteiger partial charge in [0, 0.05) is 40.4 Å². The Kier molecular flexibility index (Phi) is 11.3. The van der Waals surface area contributed by atoms with Crippen molar-refractivity contribution in [1.29, 1.82) is 0 Å². The van der Waals surface area contributed by atoms with E-state index in [-0.39, 0.29) is 24.0 Å². The van der Waals surface area contributed by atoms with Gasteiger partial charge in [0.15, 0.2) is 5.96 Å². The molecule has 0 amide bonds. The van der Waals surface area contributed by atoms with E-state index >= 15 is 0 Å². The molecule has 6 heteroatoms. The van der Waals surface area contributed by atoms with Crippen molar-refractivity contribution in [3.05, 3.63) is 35.4 Å². The van der Waals surface area contributed by atoms with Crippen LogP contribution in [0.2, 0.25) is 0 Å². The molecule has 2 N–H and O–H groups in total. The van der Waals surface area contributed by atoms with Crippen LogP contribution in [0.25, 0.3) is 0 Å². The SMILES string of the molecule is CN=C(NCc1cccc(CN(C)C)c1)NCC1(CCOC)CCCC1.I. The molecule has 0 heterocycles. The van der Waals surface area contributed by atoms with E-state index in [1.807, 2.05) is 7.05 Å². The third kappa shape index (κ3) is 8.35. The molecule has 0 spiro atoms. The highest BCUT2D eigenvalue weighted by Crippen LogP contribution is 2.40. The predicted molar refractivity (Wildman–Crippen MR) is 125 cm³/mol. The van der Waals surface area contributed by atoms with Crippen molar-refractivity contribution in [2.45, 2.75) is 45.2 Å². The molecule has 154 valence electrons. The molecule has 0 saturated heterocycles. The number of ether oxygens (including phenoxy) is 1. The van der Waals surface area contributed by atoms with Crippen molar-refractivity contribution in [2.75, 3.05) is 41.4 Å². The van der Waals surface area contributed by atoms with Gasteiger partial charge in [-0.2, -0.15) is 0 Å². The second-order valence-corrected chi connectivity index (χ2v) is 7.79. The Labute approximate surface area is 182 Å². The second kappa shape index (κ2) is 12.6. The summed E-state index contributed by atoms with van der Waals surface area (Å²) < 4.78 is 5.33. The quantitative estimate of drug-likeness (QED) is 0.317. The van der Waals surface area contributed by atoms with Crippen LogP contribution in [0, 0.1) is 5.41 Å². The van der Waals surface area contributed by atoms with E-state index in [1.165, 1.54) is 36.8 Å². The van der Waals surface area contributed by atoms with Crippen molar-refractivity contribution in [2.24, 2.45) is 10.4 Å². The zero-order chi connectivity index (χ0) is 18.8. The van der Waals surface area contributed by atoms with E-state index in [2.05, 4.69) is 58.9 Å². The molecule has 1 fully saturated rings. The monoisotopic (exact) mass is 488 g/mol. The predicted octanol–water partition coefficient (Wildman–Crippen LogP) is 3.63. The summed E-state index contributed by atoms with van der Waals surface area (Å²) in [5.74, 6) is 0.881. The third-order valence-corrected chi connectivity index (χ3v) is 5.31. The molecule has 27 heavy (non-hydrogen) atoms. The van der Waals surface area contributed by atoms with Crippen molar-refractivity contribution >= 4 is 29.9 Å². The lowest BCUT2D eigenvalue weighted by Crippen LogP contribution is -2.43. The summed E-state index contributed by atoms with van der Waals surface area (Å²) in [6, 6.07) is 8.73. The van der Waals surface area contributed by atoms with Gasteiger partial charge in [0.05, 0.1) is 0 Å². The van der Waals surface area contributed by atoms with Crippen LogP contribution >= 0.6 is 24.0 Å². The zero-order valence-corrected chi connectivity index (χ0v) is 19.7. The van der Waals surface area contributed by atoms with Crippen LogP contribution in [0.4, 0.5) is 0 Å². The first kappa shape index (κ1) is 24.2. The number of aliphatic imine (C=N–C) groups is 1. The maximum atomic E-state index is 5.33. The molecule has 2 rings (SSSR count). The Balaban J connectivity index is 0.00000364. The largest absolute Gasteiger partial charge is 0.385 e. The zero-order valence-electron chi connectivity index (χ0n) is 17.4. The molecule has 0 unspecified atom stereocenters. The van der Waals surface area contributed by atoms with Gasteiger partial charge in [-0.3, -0.25) is 4.99 Å². The van der Waals surface area contributed by atoms with E-state index in [4.69, 9.17) is 4.74 Å². The molecule has 0 radical (unpaired) electrons. The maximum absolute atomic E-state index is 5.33. The fourth-order valence-corrected chi connectivity index (χ4v) is 3.84. The number of hydrogen-bond donors (Lipinski definition) is 2. The van der Waals surface area contributed by atoms with Crippen LogP contribution in [0.1, 0.15) is 43.2 Å². The highest BCUT2D eigenvalue weighted by atomic mass is 127. The first-order valence-corrected chi connectivity index (χ1v) is 9.73. The summed E-state index contributed by atoms with van der Waals surface area (Å²) in [5.41, 5.74) is 2.98. The van der Waals surface area contributed by atoms with Crippen LogP contribution < -0.4 is 10.6 Å². The fraction of sp³-hybridized carbons (Fsp3) is 0.667. The van der Waals surface area contributed by atoms with E-state index in [0.717, 1.165) is 38.6 Å². The van der Waals surface area contributed by atoms with Crippen molar-refractivity contribution in [1.82, 2.24) is 15.5 Å². The number of methoxy groups -OCH3 is 1. The van der Waals surface area contributed by atoms with Gasteiger partial charge in [-0.05, 0) is 49.9 Å². The molecular weight excluding hydrogens is 451 g/mol. The number of guanidine groups is 1. The van der Waals surface area contributed by atoms with Gasteiger partial charge in [0.2, 0.25) is 0 Å². The molecule has 0 aliphatic heterocycles. The minimum Gasteiger partial charge on any atom is -0.385 e. The third-order valence-electron chi connectivity index (χ3n) is 5.31. The standard InChI is InChI=1S/C21H36N4O.HI/c1-22-20(24-17-21(12-13-26-4)10-5-6-11-21)23-15-18-8-7-9-19(14-18)16-25(2)3;/h7-9,14H,5-6,10-13,15-17H2,1-4H3,(H2,22,23,24);1H. The summed E-state index contributed by atoms with van der Waals surface area (Å²) >= 11 is 0. The summed E-state index contributed by atoms with van der Waals surface area (Å²) in [5, 5.41) is 7.01. The highest BCUT2D eigenvalue weighted by molar-refractivity contribution is 14.0. The molecule has 0 bridgehead atoms. The Morgan fingerprint density at radius 2 is 1.89 bits per heavy atom. The van der Waals surface area contributed by atoms with Gasteiger partial charge in [0.1, 0.15) is 0 Å². The van der Waals surface area contributed by atoms with Crippen molar-refractivity contribution in [3.8, 4) is 0 Å². The molecular formula is C21H37IN4O. The Hall–Kier alpha value is -0.860. The molecule has 5 nitrogen and oxygen atoms in total. The van der Waals surface area contributed by atoms with Gasteiger partial charge in [-0.1, -0.05) is 37.1 Å². The molecule has 1 aliphatic rings. The average Bonchev–Trinajstić information content (AvgIpc) is 3.09. The molecule has 1 saturated carbocycles. The van der Waals surface area contributed by atoms with Gasteiger partial charge in [-0.15, -0.1) is 24.0 Å². The Morgan fingerprint density at radius 1 is 1.19 bits per heavy atom. The van der Waals surface area contributed by atoms with Crippen molar-refractivity contribution in [3.63, 3.8) is 0 Å². The number of hydrogen-bond acceptors (Lipinski definition) is 3. The van der Waals surface area contributed by atoms with Gasteiger partial charge in [0.25, 0.3) is 0 Å². The fourth-order valence-electron chi connectivity index (χ4n) is 3.84. The summed E-state index contributed by atoms with van der Waals surface area (Å²) in [4.78, 5) is 6.59. The minimum atomic E-state index is 0.